The first-order chi connectivity index (χ1) is 4.63. The summed E-state index contributed by atoms with van der Waals surface area (Å²) in [5.74, 6) is 0. The lowest BCUT2D eigenvalue weighted by atomic mass is 10.3. The number of allylic oxidation sites excluding steroid dienone is 6. The van der Waals surface area contributed by atoms with Crippen LogP contribution in [0.1, 0.15) is 13.8 Å². The molecule has 0 rings (SSSR count). The maximum atomic E-state index is 3.73. The zero-order valence-corrected chi connectivity index (χ0v) is 6.72. The van der Waals surface area contributed by atoms with E-state index in [0.717, 1.165) is 11.1 Å². The summed E-state index contributed by atoms with van der Waals surface area (Å²) in [5, 5.41) is 0. The Labute approximate surface area is 63.3 Å². The molecule has 0 aliphatic rings. The van der Waals surface area contributed by atoms with Crippen molar-refractivity contribution in [2.75, 3.05) is 0 Å². The van der Waals surface area contributed by atoms with Gasteiger partial charge in [-0.25, -0.2) is 0 Å². The lowest BCUT2D eigenvalue weighted by Gasteiger charge is -1.82. The summed E-state index contributed by atoms with van der Waals surface area (Å²) in [6, 6.07) is 0. The Morgan fingerprint density at radius 2 is 1.20 bits per heavy atom. The van der Waals surface area contributed by atoms with Crippen LogP contribution >= 0.6 is 0 Å². The molecule has 0 radical (unpaired) electrons. The summed E-state index contributed by atoms with van der Waals surface area (Å²) in [7, 11) is 0. The Balaban J connectivity index is 3.73. The van der Waals surface area contributed by atoms with Gasteiger partial charge in [-0.05, 0) is 13.8 Å². The Morgan fingerprint density at radius 1 is 0.900 bits per heavy atom. The second-order valence-corrected chi connectivity index (χ2v) is 2.41. The Kier molecular flexibility index (Phi) is 4.30. The number of hydrogen-bond donors (Lipinski definition) is 0. The van der Waals surface area contributed by atoms with Gasteiger partial charge in [0.1, 0.15) is 0 Å². The molecular formula is C10H14. The van der Waals surface area contributed by atoms with Crippen LogP contribution in [0.15, 0.2) is 48.6 Å². The van der Waals surface area contributed by atoms with E-state index in [9.17, 15) is 0 Å². The Hall–Kier alpha value is -1.04. The molecule has 0 aromatic rings. The van der Waals surface area contributed by atoms with Crippen LogP contribution in [0.4, 0.5) is 0 Å². The number of rotatable bonds is 3. The predicted octanol–water partition coefficient (Wildman–Crippen LogP) is 3.25. The summed E-state index contributed by atoms with van der Waals surface area (Å²) in [4.78, 5) is 0. The van der Waals surface area contributed by atoms with E-state index >= 15 is 0 Å². The van der Waals surface area contributed by atoms with E-state index < -0.39 is 0 Å². The first-order valence-electron chi connectivity index (χ1n) is 3.28. The van der Waals surface area contributed by atoms with Gasteiger partial charge < -0.3 is 0 Å². The van der Waals surface area contributed by atoms with Gasteiger partial charge in [-0.2, -0.15) is 0 Å². The van der Waals surface area contributed by atoms with Crippen molar-refractivity contribution in [3.8, 4) is 0 Å². The van der Waals surface area contributed by atoms with E-state index in [1.807, 2.05) is 38.2 Å². The van der Waals surface area contributed by atoms with Crippen molar-refractivity contribution in [3.63, 3.8) is 0 Å². The van der Waals surface area contributed by atoms with Crippen molar-refractivity contribution < 1.29 is 0 Å². The highest BCUT2D eigenvalue weighted by molar-refractivity contribution is 5.21. The minimum Gasteiger partial charge on any atom is -0.0961 e. The van der Waals surface area contributed by atoms with E-state index in [4.69, 9.17) is 0 Å². The Bertz CT molecular complexity index is 158. The van der Waals surface area contributed by atoms with Gasteiger partial charge in [0.25, 0.3) is 0 Å². The fourth-order valence-electron chi connectivity index (χ4n) is 0.440. The molecule has 0 nitrogen and oxygen atoms in total. The van der Waals surface area contributed by atoms with Crippen LogP contribution in [0.5, 0.6) is 0 Å². The van der Waals surface area contributed by atoms with Crippen LogP contribution in [0, 0.1) is 0 Å². The van der Waals surface area contributed by atoms with E-state index in [0.29, 0.717) is 0 Å². The van der Waals surface area contributed by atoms with Crippen molar-refractivity contribution in [2.45, 2.75) is 13.8 Å². The standard InChI is InChI=1S/C10H14/c1-9(2)7-5-6-8-10(3)4/h5-8H,1,3H2,2,4H3/b7-5+,8-6+. The maximum Gasteiger partial charge on any atom is -0.0404 e. The third-order valence-corrected chi connectivity index (χ3v) is 0.873. The van der Waals surface area contributed by atoms with E-state index in [-0.39, 0.29) is 0 Å². The molecule has 0 aliphatic carbocycles. The normalized spacial score (nSPS) is 11.0. The average Bonchev–Trinajstić information content (AvgIpc) is 1.79. The highest BCUT2D eigenvalue weighted by Gasteiger charge is 1.71. The quantitative estimate of drug-likeness (QED) is 0.520. The molecule has 0 amide bonds. The SMILES string of the molecule is C=C(C)/C=C/C=C/C(=C)C. The molecule has 0 aliphatic heterocycles. The van der Waals surface area contributed by atoms with Gasteiger partial charge in [-0.1, -0.05) is 48.6 Å². The van der Waals surface area contributed by atoms with E-state index in [1.54, 1.807) is 0 Å². The molecule has 0 N–H and O–H groups in total. The maximum absolute atomic E-state index is 3.73. The van der Waals surface area contributed by atoms with Crippen LogP contribution in [0.25, 0.3) is 0 Å². The molecule has 0 fully saturated rings. The molecule has 0 aromatic heterocycles. The van der Waals surface area contributed by atoms with Crippen molar-refractivity contribution in [2.24, 2.45) is 0 Å². The van der Waals surface area contributed by atoms with Crippen molar-refractivity contribution in [1.82, 2.24) is 0 Å². The lowest BCUT2D eigenvalue weighted by molar-refractivity contribution is 1.54. The van der Waals surface area contributed by atoms with Gasteiger partial charge in [0.2, 0.25) is 0 Å². The lowest BCUT2D eigenvalue weighted by Crippen LogP contribution is -1.60. The summed E-state index contributed by atoms with van der Waals surface area (Å²) in [6.07, 6.45) is 7.83. The minimum atomic E-state index is 1.06. The molecule has 0 aromatic carbocycles. The van der Waals surface area contributed by atoms with Crippen LogP contribution in [-0.4, -0.2) is 0 Å². The minimum absolute atomic E-state index is 1.06. The van der Waals surface area contributed by atoms with Gasteiger partial charge in [0, 0.05) is 0 Å². The summed E-state index contributed by atoms with van der Waals surface area (Å²) in [6.45, 7) is 11.4. The van der Waals surface area contributed by atoms with Crippen molar-refractivity contribution >= 4 is 0 Å². The molecule has 0 bridgehead atoms. The average molecular weight is 134 g/mol. The highest BCUT2D eigenvalue weighted by atomic mass is 13.8. The summed E-state index contributed by atoms with van der Waals surface area (Å²) >= 11 is 0. The molecule has 54 valence electrons. The molecule has 0 heteroatoms. The van der Waals surface area contributed by atoms with E-state index in [2.05, 4.69) is 13.2 Å². The van der Waals surface area contributed by atoms with Crippen LogP contribution in [-0.2, 0) is 0 Å². The zero-order valence-electron chi connectivity index (χ0n) is 6.72. The summed E-state index contributed by atoms with van der Waals surface area (Å²) < 4.78 is 0. The smallest absolute Gasteiger partial charge is 0.0404 e. The van der Waals surface area contributed by atoms with E-state index in [1.165, 1.54) is 0 Å². The molecule has 0 saturated heterocycles. The van der Waals surface area contributed by atoms with Gasteiger partial charge in [0.05, 0.1) is 0 Å². The van der Waals surface area contributed by atoms with Crippen LogP contribution < -0.4 is 0 Å². The number of hydrogen-bond acceptors (Lipinski definition) is 0. The first-order valence-corrected chi connectivity index (χ1v) is 3.28. The summed E-state index contributed by atoms with van der Waals surface area (Å²) in [5.41, 5.74) is 2.12. The van der Waals surface area contributed by atoms with Gasteiger partial charge in [0.15, 0.2) is 0 Å². The van der Waals surface area contributed by atoms with Crippen molar-refractivity contribution in [1.29, 1.82) is 0 Å². The first kappa shape index (κ1) is 8.96. The Morgan fingerprint density at radius 3 is 1.40 bits per heavy atom. The predicted molar refractivity (Wildman–Crippen MR) is 47.9 cm³/mol. The fraction of sp³-hybridized carbons (Fsp3) is 0.200. The molecule has 0 unspecified atom stereocenters. The molecular weight excluding hydrogens is 120 g/mol. The fourth-order valence-corrected chi connectivity index (χ4v) is 0.440. The molecule has 0 spiro atoms. The molecule has 10 heavy (non-hydrogen) atoms. The highest BCUT2D eigenvalue weighted by Crippen LogP contribution is 1.92. The molecule has 0 saturated carbocycles. The van der Waals surface area contributed by atoms with Gasteiger partial charge in [-0.3, -0.25) is 0 Å². The molecule has 0 atom stereocenters. The second kappa shape index (κ2) is 4.80. The van der Waals surface area contributed by atoms with Crippen molar-refractivity contribution in [3.05, 3.63) is 48.6 Å². The topological polar surface area (TPSA) is 0 Å². The molecule has 0 heterocycles. The monoisotopic (exact) mass is 134 g/mol. The second-order valence-electron chi connectivity index (χ2n) is 2.41. The third kappa shape index (κ3) is 6.96. The largest absolute Gasteiger partial charge is 0.0961 e. The van der Waals surface area contributed by atoms with Gasteiger partial charge >= 0.3 is 0 Å². The van der Waals surface area contributed by atoms with Crippen LogP contribution in [0.2, 0.25) is 0 Å². The van der Waals surface area contributed by atoms with Crippen LogP contribution in [0.3, 0.4) is 0 Å². The van der Waals surface area contributed by atoms with Gasteiger partial charge in [-0.15, -0.1) is 0 Å². The third-order valence-electron chi connectivity index (χ3n) is 0.873. The zero-order chi connectivity index (χ0) is 7.98.